The van der Waals surface area contributed by atoms with E-state index in [0.29, 0.717) is 17.2 Å². The van der Waals surface area contributed by atoms with Gasteiger partial charge in [-0.15, -0.1) is 0 Å². The second-order valence-electron chi connectivity index (χ2n) is 8.94. The average molecular weight is 430 g/mol. The number of aromatic nitrogens is 2. The molecule has 0 aliphatic carbocycles. The summed E-state index contributed by atoms with van der Waals surface area (Å²) in [4.78, 5) is 24.6. The molecule has 0 fully saturated rings. The van der Waals surface area contributed by atoms with E-state index in [0.717, 1.165) is 15.9 Å². The van der Waals surface area contributed by atoms with E-state index in [1.807, 2.05) is 42.5 Å². The molecule has 31 heavy (non-hydrogen) atoms. The summed E-state index contributed by atoms with van der Waals surface area (Å²) in [5, 5.41) is 0.690. The molecule has 0 aliphatic heterocycles. The molecule has 0 saturated carbocycles. The fourth-order valence-corrected chi connectivity index (χ4v) is 4.48. The van der Waals surface area contributed by atoms with Gasteiger partial charge in [0.05, 0.1) is 22.5 Å². The van der Waals surface area contributed by atoms with Gasteiger partial charge in [0, 0.05) is 11.8 Å². The van der Waals surface area contributed by atoms with Crippen LogP contribution in [0.2, 0.25) is 0 Å². The Kier molecular flexibility index (Phi) is 5.63. The van der Waals surface area contributed by atoms with Gasteiger partial charge in [-0.05, 0) is 72.4 Å². The SMILES string of the molecule is Cc1cc2nc(N(Cc3ccccn3)C(=O)c3ccc(C(C)(C)C)cc3)sc2cc1C. The van der Waals surface area contributed by atoms with Gasteiger partial charge in [0.15, 0.2) is 5.13 Å². The third-order valence-corrected chi connectivity index (χ3v) is 6.55. The zero-order chi connectivity index (χ0) is 22.2. The molecule has 4 nitrogen and oxygen atoms in total. The molecular formula is C26H27N3OS. The zero-order valence-electron chi connectivity index (χ0n) is 18.6. The first-order chi connectivity index (χ1) is 14.7. The Labute approximate surface area is 187 Å². The lowest BCUT2D eigenvalue weighted by Gasteiger charge is -2.21. The summed E-state index contributed by atoms with van der Waals surface area (Å²) in [6, 6.07) is 17.9. The first-order valence-corrected chi connectivity index (χ1v) is 11.2. The van der Waals surface area contributed by atoms with Crippen molar-refractivity contribution < 1.29 is 4.79 Å². The minimum Gasteiger partial charge on any atom is -0.278 e. The van der Waals surface area contributed by atoms with Crippen molar-refractivity contribution >= 4 is 32.6 Å². The van der Waals surface area contributed by atoms with Crippen molar-refractivity contribution in [3.05, 3.63) is 88.7 Å². The summed E-state index contributed by atoms with van der Waals surface area (Å²) in [6.07, 6.45) is 1.75. The van der Waals surface area contributed by atoms with Gasteiger partial charge in [-0.2, -0.15) is 0 Å². The molecule has 0 saturated heterocycles. The second-order valence-corrected chi connectivity index (χ2v) is 9.95. The van der Waals surface area contributed by atoms with E-state index >= 15 is 0 Å². The van der Waals surface area contributed by atoms with Gasteiger partial charge in [0.2, 0.25) is 0 Å². The number of fused-ring (bicyclic) bond motifs is 1. The van der Waals surface area contributed by atoms with Crippen molar-refractivity contribution in [2.24, 2.45) is 0 Å². The van der Waals surface area contributed by atoms with Crippen LogP contribution >= 0.6 is 11.3 Å². The molecular weight excluding hydrogens is 402 g/mol. The fourth-order valence-electron chi connectivity index (χ4n) is 3.43. The van der Waals surface area contributed by atoms with Gasteiger partial charge in [-0.25, -0.2) is 4.98 Å². The molecule has 4 rings (SSSR count). The molecule has 1 amide bonds. The lowest BCUT2D eigenvalue weighted by Crippen LogP contribution is -2.30. The summed E-state index contributed by atoms with van der Waals surface area (Å²) >= 11 is 1.54. The van der Waals surface area contributed by atoms with Crippen LogP contribution in [-0.4, -0.2) is 15.9 Å². The van der Waals surface area contributed by atoms with E-state index in [9.17, 15) is 4.79 Å². The summed E-state index contributed by atoms with van der Waals surface area (Å²) in [5.74, 6) is -0.0707. The van der Waals surface area contributed by atoms with Crippen LogP contribution in [0.4, 0.5) is 5.13 Å². The maximum absolute atomic E-state index is 13.6. The Morgan fingerprint density at radius 1 is 1.00 bits per heavy atom. The third kappa shape index (κ3) is 4.52. The van der Waals surface area contributed by atoms with E-state index in [4.69, 9.17) is 4.98 Å². The van der Waals surface area contributed by atoms with Crippen molar-refractivity contribution in [1.29, 1.82) is 0 Å². The number of carbonyl (C=O) groups excluding carboxylic acids is 1. The van der Waals surface area contributed by atoms with E-state index < -0.39 is 0 Å². The molecule has 0 atom stereocenters. The third-order valence-electron chi connectivity index (χ3n) is 5.51. The molecule has 0 bridgehead atoms. The van der Waals surface area contributed by atoms with E-state index in [1.165, 1.54) is 16.7 Å². The van der Waals surface area contributed by atoms with Crippen LogP contribution < -0.4 is 4.90 Å². The molecule has 2 aromatic carbocycles. The van der Waals surface area contributed by atoms with Crippen LogP contribution in [0.15, 0.2) is 60.8 Å². The predicted molar refractivity (Wildman–Crippen MR) is 129 cm³/mol. The smallest absolute Gasteiger partial charge is 0.260 e. The van der Waals surface area contributed by atoms with Gasteiger partial charge in [-0.1, -0.05) is 50.3 Å². The number of pyridine rings is 1. The molecule has 0 N–H and O–H groups in total. The number of hydrogen-bond acceptors (Lipinski definition) is 4. The topological polar surface area (TPSA) is 46.1 Å². The number of amides is 1. The maximum Gasteiger partial charge on any atom is 0.260 e. The molecule has 0 spiro atoms. The monoisotopic (exact) mass is 429 g/mol. The van der Waals surface area contributed by atoms with Gasteiger partial charge in [0.1, 0.15) is 0 Å². The molecule has 0 unspecified atom stereocenters. The zero-order valence-corrected chi connectivity index (χ0v) is 19.5. The van der Waals surface area contributed by atoms with Crippen LogP contribution in [-0.2, 0) is 12.0 Å². The first-order valence-electron chi connectivity index (χ1n) is 10.4. The van der Waals surface area contributed by atoms with Crippen molar-refractivity contribution in [2.75, 3.05) is 4.90 Å². The molecule has 4 aromatic rings. The standard InChI is InChI=1S/C26H27N3OS/c1-17-14-22-23(15-18(17)2)31-25(28-22)29(16-21-8-6-7-13-27-21)24(30)19-9-11-20(12-10-19)26(3,4)5/h6-15H,16H2,1-5H3. The van der Waals surface area contributed by atoms with Crippen LogP contribution in [0.25, 0.3) is 10.2 Å². The number of nitrogens with zero attached hydrogens (tertiary/aromatic N) is 3. The molecule has 0 radical (unpaired) electrons. The van der Waals surface area contributed by atoms with Crippen LogP contribution in [0.5, 0.6) is 0 Å². The lowest BCUT2D eigenvalue weighted by molar-refractivity contribution is 0.0984. The number of aryl methyl sites for hydroxylation is 2. The van der Waals surface area contributed by atoms with E-state index in [2.05, 4.69) is 51.7 Å². The van der Waals surface area contributed by atoms with E-state index in [1.54, 1.807) is 22.4 Å². The fraction of sp³-hybridized carbons (Fsp3) is 0.269. The highest BCUT2D eigenvalue weighted by molar-refractivity contribution is 7.22. The lowest BCUT2D eigenvalue weighted by atomic mass is 9.86. The number of thiazole rings is 1. The van der Waals surface area contributed by atoms with Crippen molar-refractivity contribution in [3.63, 3.8) is 0 Å². The summed E-state index contributed by atoms with van der Waals surface area (Å²) in [7, 11) is 0. The Morgan fingerprint density at radius 2 is 1.71 bits per heavy atom. The summed E-state index contributed by atoms with van der Waals surface area (Å²) in [5.41, 5.74) is 6.06. The van der Waals surface area contributed by atoms with Gasteiger partial charge < -0.3 is 0 Å². The van der Waals surface area contributed by atoms with Crippen LogP contribution in [0, 0.1) is 13.8 Å². The van der Waals surface area contributed by atoms with Crippen LogP contribution in [0.3, 0.4) is 0 Å². The normalized spacial score (nSPS) is 11.6. The highest BCUT2D eigenvalue weighted by Gasteiger charge is 2.23. The maximum atomic E-state index is 13.6. The Bertz CT molecular complexity index is 1180. The van der Waals surface area contributed by atoms with Crippen molar-refractivity contribution in [1.82, 2.24) is 9.97 Å². The summed E-state index contributed by atoms with van der Waals surface area (Å²) in [6.45, 7) is 11.1. The number of anilines is 1. The number of carbonyl (C=O) groups is 1. The van der Waals surface area contributed by atoms with Gasteiger partial charge >= 0.3 is 0 Å². The molecule has 0 aliphatic rings. The Hall–Kier alpha value is -3.05. The van der Waals surface area contributed by atoms with Crippen molar-refractivity contribution in [3.8, 4) is 0 Å². The Balaban J connectivity index is 1.75. The first kappa shape index (κ1) is 21.2. The second kappa shape index (κ2) is 8.23. The minimum absolute atomic E-state index is 0.0397. The number of rotatable bonds is 4. The van der Waals surface area contributed by atoms with Crippen LogP contribution in [0.1, 0.15) is 53.5 Å². The molecule has 158 valence electrons. The number of hydrogen-bond donors (Lipinski definition) is 0. The average Bonchev–Trinajstić information content (AvgIpc) is 3.14. The Morgan fingerprint density at radius 3 is 2.35 bits per heavy atom. The van der Waals surface area contributed by atoms with E-state index in [-0.39, 0.29) is 11.3 Å². The van der Waals surface area contributed by atoms with Gasteiger partial charge in [0.25, 0.3) is 5.91 Å². The molecule has 2 heterocycles. The minimum atomic E-state index is -0.0707. The van der Waals surface area contributed by atoms with Crippen molar-refractivity contribution in [2.45, 2.75) is 46.6 Å². The summed E-state index contributed by atoms with van der Waals surface area (Å²) < 4.78 is 1.08. The predicted octanol–water partition coefficient (Wildman–Crippen LogP) is 6.45. The highest BCUT2D eigenvalue weighted by Crippen LogP contribution is 2.32. The quantitative estimate of drug-likeness (QED) is 0.374. The molecule has 5 heteroatoms. The highest BCUT2D eigenvalue weighted by atomic mass is 32.1. The van der Waals surface area contributed by atoms with Gasteiger partial charge in [-0.3, -0.25) is 14.7 Å². The largest absolute Gasteiger partial charge is 0.278 e. The number of benzene rings is 2. The molecule has 2 aromatic heterocycles.